The maximum Gasteiger partial charge on any atom is 0.253 e. The van der Waals surface area contributed by atoms with Crippen molar-refractivity contribution in [2.45, 2.75) is 25.7 Å². The zero-order valence-electron chi connectivity index (χ0n) is 15.7. The Morgan fingerprint density at radius 3 is 2.26 bits per heavy atom. The molecule has 2 amide bonds. The van der Waals surface area contributed by atoms with E-state index in [4.69, 9.17) is 11.6 Å². The lowest BCUT2D eigenvalue weighted by Crippen LogP contribution is -2.47. The third-order valence-corrected chi connectivity index (χ3v) is 6.73. The fourth-order valence-corrected chi connectivity index (χ4v) is 4.96. The Balaban J connectivity index is 1.38. The molecule has 1 aromatic carbocycles. The fraction of sp³-hybridized carbons (Fsp3) is 0.619. The Morgan fingerprint density at radius 1 is 0.926 bits per heavy atom. The molecule has 0 saturated carbocycles. The van der Waals surface area contributed by atoms with Gasteiger partial charge in [0.2, 0.25) is 5.91 Å². The third kappa shape index (κ3) is 4.14. The second-order valence-electron chi connectivity index (χ2n) is 8.18. The predicted octanol–water partition coefficient (Wildman–Crippen LogP) is 2.65. The van der Waals surface area contributed by atoms with E-state index in [9.17, 15) is 9.59 Å². The predicted molar refractivity (Wildman–Crippen MR) is 106 cm³/mol. The van der Waals surface area contributed by atoms with Crippen LogP contribution in [0.3, 0.4) is 0 Å². The Morgan fingerprint density at radius 2 is 1.59 bits per heavy atom. The summed E-state index contributed by atoms with van der Waals surface area (Å²) in [5, 5.41) is 4.11. The molecule has 0 bridgehead atoms. The zero-order valence-corrected chi connectivity index (χ0v) is 16.5. The summed E-state index contributed by atoms with van der Waals surface area (Å²) in [7, 11) is 0. The molecule has 146 valence electrons. The first-order valence-corrected chi connectivity index (χ1v) is 10.5. The van der Waals surface area contributed by atoms with Crippen LogP contribution in [0.25, 0.3) is 0 Å². The third-order valence-electron chi connectivity index (χ3n) is 6.48. The number of hydrogen-bond acceptors (Lipinski definition) is 3. The van der Waals surface area contributed by atoms with Gasteiger partial charge in [0.05, 0.1) is 5.92 Å². The van der Waals surface area contributed by atoms with Crippen LogP contribution in [0.1, 0.15) is 36.0 Å². The summed E-state index contributed by atoms with van der Waals surface area (Å²) in [6.07, 6.45) is 3.97. The van der Waals surface area contributed by atoms with E-state index in [-0.39, 0.29) is 17.7 Å². The molecule has 1 aromatic rings. The van der Waals surface area contributed by atoms with Crippen molar-refractivity contribution in [1.82, 2.24) is 15.1 Å². The summed E-state index contributed by atoms with van der Waals surface area (Å²) >= 11 is 5.92. The van der Waals surface area contributed by atoms with Crippen LogP contribution in [0.15, 0.2) is 24.3 Å². The van der Waals surface area contributed by atoms with Crippen molar-refractivity contribution >= 4 is 23.4 Å². The minimum Gasteiger partial charge on any atom is -0.342 e. The molecule has 3 heterocycles. The van der Waals surface area contributed by atoms with Gasteiger partial charge in [0, 0.05) is 36.8 Å². The summed E-state index contributed by atoms with van der Waals surface area (Å²) in [6.45, 7) is 5.18. The average molecular weight is 390 g/mol. The van der Waals surface area contributed by atoms with Gasteiger partial charge in [0.25, 0.3) is 5.91 Å². The van der Waals surface area contributed by atoms with Gasteiger partial charge in [-0.1, -0.05) is 11.6 Å². The van der Waals surface area contributed by atoms with E-state index in [0.717, 1.165) is 70.2 Å². The molecule has 0 aromatic heterocycles. The van der Waals surface area contributed by atoms with Crippen LogP contribution < -0.4 is 5.32 Å². The molecule has 1 unspecified atom stereocenters. The quantitative estimate of drug-likeness (QED) is 0.846. The minimum atomic E-state index is -0.0638. The topological polar surface area (TPSA) is 52.7 Å². The molecule has 27 heavy (non-hydrogen) atoms. The SMILES string of the molecule is O=C(c1ccc(Cl)cc1)N1CCCC(C(=O)N2CC[C@@H]3CNC[C@@H]3CC2)C1. The van der Waals surface area contributed by atoms with Gasteiger partial charge in [-0.15, -0.1) is 0 Å². The van der Waals surface area contributed by atoms with E-state index in [0.29, 0.717) is 17.1 Å². The molecule has 3 fully saturated rings. The van der Waals surface area contributed by atoms with Crippen LogP contribution in [-0.2, 0) is 4.79 Å². The number of piperidine rings is 1. The number of rotatable bonds is 2. The van der Waals surface area contributed by atoms with E-state index in [1.54, 1.807) is 24.3 Å². The summed E-state index contributed by atoms with van der Waals surface area (Å²) in [6, 6.07) is 7.00. The Kier molecular flexibility index (Phi) is 5.69. The summed E-state index contributed by atoms with van der Waals surface area (Å²) in [4.78, 5) is 29.8. The molecule has 3 aliphatic heterocycles. The monoisotopic (exact) mass is 389 g/mol. The second kappa shape index (κ2) is 8.19. The highest BCUT2D eigenvalue weighted by Crippen LogP contribution is 2.29. The molecule has 3 saturated heterocycles. The van der Waals surface area contributed by atoms with E-state index < -0.39 is 0 Å². The van der Waals surface area contributed by atoms with Crippen molar-refractivity contribution in [3.8, 4) is 0 Å². The maximum atomic E-state index is 13.1. The van der Waals surface area contributed by atoms with Gasteiger partial charge < -0.3 is 15.1 Å². The van der Waals surface area contributed by atoms with E-state index in [1.807, 2.05) is 4.90 Å². The number of nitrogens with zero attached hydrogens (tertiary/aromatic N) is 2. The summed E-state index contributed by atoms with van der Waals surface area (Å²) in [5.41, 5.74) is 0.641. The molecule has 3 atom stereocenters. The van der Waals surface area contributed by atoms with Gasteiger partial charge in [-0.25, -0.2) is 0 Å². The van der Waals surface area contributed by atoms with Crippen LogP contribution in [0.5, 0.6) is 0 Å². The van der Waals surface area contributed by atoms with Crippen LogP contribution in [0, 0.1) is 17.8 Å². The molecule has 6 heteroatoms. The number of benzene rings is 1. The van der Waals surface area contributed by atoms with E-state index in [1.165, 1.54) is 0 Å². The standard InChI is InChI=1S/C21H28ClN3O2/c22-19-5-3-15(4-6-19)20(26)25-9-1-2-18(14-25)21(27)24-10-7-16-12-23-13-17(16)8-11-24/h3-6,16-18,23H,1-2,7-14H2/t16-,17+,18?. The first-order chi connectivity index (χ1) is 13.1. The smallest absolute Gasteiger partial charge is 0.253 e. The van der Waals surface area contributed by atoms with Gasteiger partial charge in [0.1, 0.15) is 0 Å². The molecular weight excluding hydrogens is 362 g/mol. The largest absolute Gasteiger partial charge is 0.342 e. The van der Waals surface area contributed by atoms with Gasteiger partial charge in [-0.2, -0.15) is 0 Å². The number of carbonyl (C=O) groups is 2. The number of amides is 2. The highest BCUT2D eigenvalue weighted by Gasteiger charge is 2.35. The first kappa shape index (κ1) is 18.8. The number of carbonyl (C=O) groups excluding carboxylic acids is 2. The van der Waals surface area contributed by atoms with E-state index >= 15 is 0 Å². The minimum absolute atomic E-state index is 0.000592. The lowest BCUT2D eigenvalue weighted by atomic mass is 9.92. The van der Waals surface area contributed by atoms with Gasteiger partial charge in [-0.05, 0) is 74.9 Å². The first-order valence-electron chi connectivity index (χ1n) is 10.2. The molecule has 4 rings (SSSR count). The van der Waals surface area contributed by atoms with Crippen molar-refractivity contribution < 1.29 is 9.59 Å². The molecular formula is C21H28ClN3O2. The molecule has 3 aliphatic rings. The normalized spacial score (nSPS) is 28.6. The molecule has 1 N–H and O–H groups in total. The number of hydrogen-bond donors (Lipinski definition) is 1. The molecule has 0 spiro atoms. The van der Waals surface area contributed by atoms with Crippen LogP contribution in [0.4, 0.5) is 0 Å². The number of fused-ring (bicyclic) bond motifs is 1. The fourth-order valence-electron chi connectivity index (χ4n) is 4.83. The lowest BCUT2D eigenvalue weighted by Gasteiger charge is -2.35. The van der Waals surface area contributed by atoms with Crippen molar-refractivity contribution in [2.75, 3.05) is 39.3 Å². The second-order valence-corrected chi connectivity index (χ2v) is 8.61. The molecule has 5 nitrogen and oxygen atoms in total. The lowest BCUT2D eigenvalue weighted by molar-refractivity contribution is -0.137. The Bertz CT molecular complexity index is 679. The van der Waals surface area contributed by atoms with Crippen molar-refractivity contribution in [1.29, 1.82) is 0 Å². The molecule has 0 aliphatic carbocycles. The average Bonchev–Trinajstić information content (AvgIpc) is 3.06. The van der Waals surface area contributed by atoms with Gasteiger partial charge >= 0.3 is 0 Å². The number of nitrogens with one attached hydrogen (secondary N) is 1. The molecule has 0 radical (unpaired) electrons. The number of likely N-dealkylation sites (tertiary alicyclic amines) is 2. The van der Waals surface area contributed by atoms with E-state index in [2.05, 4.69) is 10.2 Å². The Labute approximate surface area is 166 Å². The van der Waals surface area contributed by atoms with Crippen molar-refractivity contribution in [3.63, 3.8) is 0 Å². The maximum absolute atomic E-state index is 13.1. The number of halogens is 1. The highest BCUT2D eigenvalue weighted by molar-refractivity contribution is 6.30. The Hall–Kier alpha value is -1.59. The zero-order chi connectivity index (χ0) is 18.8. The van der Waals surface area contributed by atoms with Gasteiger partial charge in [-0.3, -0.25) is 9.59 Å². The van der Waals surface area contributed by atoms with Crippen LogP contribution in [-0.4, -0.2) is 60.9 Å². The van der Waals surface area contributed by atoms with Gasteiger partial charge in [0.15, 0.2) is 0 Å². The van der Waals surface area contributed by atoms with Crippen LogP contribution in [0.2, 0.25) is 5.02 Å². The van der Waals surface area contributed by atoms with Crippen molar-refractivity contribution in [2.24, 2.45) is 17.8 Å². The summed E-state index contributed by atoms with van der Waals surface area (Å²) in [5.74, 6) is 1.62. The van der Waals surface area contributed by atoms with Crippen LogP contribution >= 0.6 is 11.6 Å². The highest BCUT2D eigenvalue weighted by atomic mass is 35.5. The summed E-state index contributed by atoms with van der Waals surface area (Å²) < 4.78 is 0. The van der Waals surface area contributed by atoms with Crippen molar-refractivity contribution in [3.05, 3.63) is 34.9 Å².